The zero-order valence-electron chi connectivity index (χ0n) is 15.0. The van der Waals surface area contributed by atoms with Crippen molar-refractivity contribution in [3.8, 4) is 0 Å². The number of H-pyrrole nitrogens is 1. The van der Waals surface area contributed by atoms with Gasteiger partial charge in [0.25, 0.3) is 11.5 Å². The lowest BCUT2D eigenvalue weighted by atomic mass is 9.94. The first-order chi connectivity index (χ1) is 12.6. The second-order valence-electron chi connectivity index (χ2n) is 6.71. The molecule has 0 saturated carbocycles. The molecule has 0 bridgehead atoms. The van der Waals surface area contributed by atoms with Crippen molar-refractivity contribution in [3.63, 3.8) is 0 Å². The van der Waals surface area contributed by atoms with Crippen LogP contribution in [0, 0.1) is 6.92 Å². The minimum Gasteiger partial charge on any atom is -0.322 e. The van der Waals surface area contributed by atoms with Gasteiger partial charge in [-0.2, -0.15) is 0 Å². The third kappa shape index (κ3) is 3.89. The van der Waals surface area contributed by atoms with Gasteiger partial charge < -0.3 is 10.6 Å². The Hall–Kier alpha value is -2.64. The number of hydrogen-bond acceptors (Lipinski definition) is 4. The van der Waals surface area contributed by atoms with E-state index in [1.165, 1.54) is 10.7 Å². The van der Waals surface area contributed by atoms with Gasteiger partial charge in [-0.3, -0.25) is 14.7 Å². The molecule has 1 aliphatic heterocycles. The first-order valence-electron chi connectivity index (χ1n) is 8.81. The van der Waals surface area contributed by atoms with E-state index >= 15 is 0 Å². The topological polar surface area (TPSA) is 91.3 Å². The summed E-state index contributed by atoms with van der Waals surface area (Å²) in [6, 6.07) is 9.14. The Morgan fingerprint density at radius 1 is 1.22 bits per heavy atom. The molecular weight excluding hydrogens is 366 g/mol. The van der Waals surface area contributed by atoms with Crippen LogP contribution < -0.4 is 16.2 Å². The number of nitrogens with zero attached hydrogens (tertiary/aromatic N) is 2. The van der Waals surface area contributed by atoms with Crippen molar-refractivity contribution in [1.29, 1.82) is 0 Å². The molecule has 7 nitrogen and oxygen atoms in total. The van der Waals surface area contributed by atoms with E-state index in [0.29, 0.717) is 16.9 Å². The highest BCUT2D eigenvalue weighted by atomic mass is 35.5. The van der Waals surface area contributed by atoms with Crippen LogP contribution in [0.2, 0.25) is 0 Å². The number of anilines is 1. The molecular formula is C19H22ClN5O2. The molecule has 2 aromatic heterocycles. The number of hydrogen-bond donors (Lipinski definition) is 3. The third-order valence-electron chi connectivity index (χ3n) is 4.83. The number of nitrogens with one attached hydrogen (secondary N) is 3. The summed E-state index contributed by atoms with van der Waals surface area (Å²) in [6.07, 6.45) is 3.41. The van der Waals surface area contributed by atoms with Gasteiger partial charge in [-0.1, -0.05) is 17.7 Å². The third-order valence-corrected chi connectivity index (χ3v) is 4.83. The summed E-state index contributed by atoms with van der Waals surface area (Å²) in [5, 5.41) is 9.00. The lowest BCUT2D eigenvalue weighted by molar-refractivity contribution is 0.102. The summed E-state index contributed by atoms with van der Waals surface area (Å²) in [7, 11) is 0. The number of halogens is 1. The summed E-state index contributed by atoms with van der Waals surface area (Å²) < 4.78 is 1.31. The van der Waals surface area contributed by atoms with E-state index < -0.39 is 0 Å². The number of aromatic nitrogens is 3. The predicted octanol–water partition coefficient (Wildman–Crippen LogP) is 2.47. The molecule has 0 radical (unpaired) electrons. The van der Waals surface area contributed by atoms with Crippen LogP contribution in [-0.2, 0) is 0 Å². The first kappa shape index (κ1) is 19.1. The van der Waals surface area contributed by atoms with Crippen LogP contribution in [0.4, 0.5) is 5.69 Å². The van der Waals surface area contributed by atoms with Crippen molar-refractivity contribution in [2.24, 2.45) is 0 Å². The van der Waals surface area contributed by atoms with E-state index in [4.69, 9.17) is 0 Å². The monoisotopic (exact) mass is 387 g/mol. The Labute approximate surface area is 162 Å². The maximum Gasteiger partial charge on any atom is 0.272 e. The summed E-state index contributed by atoms with van der Waals surface area (Å²) >= 11 is 0. The SMILES string of the molecule is Cc1ccc(NC(=O)c2c[nH]n3c(=O)cc(C4CCNCC4)nc23)cc1.Cl. The zero-order chi connectivity index (χ0) is 18.1. The predicted molar refractivity (Wildman–Crippen MR) is 107 cm³/mol. The Balaban J connectivity index is 0.00000210. The highest BCUT2D eigenvalue weighted by Gasteiger charge is 2.21. The van der Waals surface area contributed by atoms with Gasteiger partial charge in [-0.15, -0.1) is 12.4 Å². The second-order valence-corrected chi connectivity index (χ2v) is 6.71. The highest BCUT2D eigenvalue weighted by Crippen LogP contribution is 2.23. The Morgan fingerprint density at radius 2 is 1.93 bits per heavy atom. The number of amides is 1. The molecule has 0 atom stereocenters. The van der Waals surface area contributed by atoms with Crippen molar-refractivity contribution < 1.29 is 4.79 Å². The van der Waals surface area contributed by atoms with Crippen LogP contribution in [0.1, 0.15) is 40.4 Å². The van der Waals surface area contributed by atoms with Crippen molar-refractivity contribution in [2.75, 3.05) is 18.4 Å². The molecule has 4 rings (SSSR count). The fourth-order valence-electron chi connectivity index (χ4n) is 3.33. The lowest BCUT2D eigenvalue weighted by Crippen LogP contribution is -2.28. The van der Waals surface area contributed by atoms with Crippen molar-refractivity contribution in [2.45, 2.75) is 25.7 Å². The van der Waals surface area contributed by atoms with Crippen molar-refractivity contribution in [3.05, 3.63) is 63.7 Å². The molecule has 8 heteroatoms. The van der Waals surface area contributed by atoms with E-state index in [0.717, 1.165) is 37.2 Å². The quantitative estimate of drug-likeness (QED) is 0.643. The number of rotatable bonds is 3. The van der Waals surface area contributed by atoms with Gasteiger partial charge in [0.2, 0.25) is 0 Å². The molecule has 142 valence electrons. The fourth-order valence-corrected chi connectivity index (χ4v) is 3.33. The van der Waals surface area contributed by atoms with Crippen LogP contribution in [-0.4, -0.2) is 33.6 Å². The van der Waals surface area contributed by atoms with Crippen molar-refractivity contribution >= 4 is 29.6 Å². The molecule has 3 N–H and O–H groups in total. The Morgan fingerprint density at radius 3 is 2.63 bits per heavy atom. The van der Waals surface area contributed by atoms with Gasteiger partial charge in [0.15, 0.2) is 5.65 Å². The second kappa shape index (κ2) is 7.94. The van der Waals surface area contributed by atoms with E-state index in [9.17, 15) is 9.59 Å². The molecule has 1 saturated heterocycles. The van der Waals surface area contributed by atoms with Gasteiger partial charge in [0, 0.05) is 23.9 Å². The molecule has 1 aromatic carbocycles. The standard InChI is InChI=1S/C19H21N5O2.ClH/c1-12-2-4-14(5-3-12)22-19(26)15-11-21-24-17(25)10-16(23-18(15)24)13-6-8-20-9-7-13;/h2-5,10-11,13,20-21H,6-9H2,1H3,(H,22,26);1H. The smallest absolute Gasteiger partial charge is 0.272 e. The van der Waals surface area contributed by atoms with Gasteiger partial charge in [-0.25, -0.2) is 9.50 Å². The zero-order valence-corrected chi connectivity index (χ0v) is 15.8. The van der Waals surface area contributed by atoms with Crippen LogP contribution in [0.25, 0.3) is 5.65 Å². The van der Waals surface area contributed by atoms with Gasteiger partial charge in [0.05, 0.1) is 5.69 Å². The number of benzene rings is 1. The number of piperidine rings is 1. The van der Waals surface area contributed by atoms with E-state index in [1.54, 1.807) is 6.07 Å². The number of carbonyl (C=O) groups excluding carboxylic acids is 1. The minimum absolute atomic E-state index is 0. The molecule has 0 spiro atoms. The van der Waals surface area contributed by atoms with Crippen LogP contribution >= 0.6 is 12.4 Å². The van der Waals surface area contributed by atoms with Crippen molar-refractivity contribution in [1.82, 2.24) is 19.9 Å². The molecule has 3 aromatic rings. The fraction of sp³-hybridized carbons (Fsp3) is 0.316. The minimum atomic E-state index is -0.290. The number of fused-ring (bicyclic) bond motifs is 1. The number of aryl methyl sites for hydroxylation is 1. The Kier molecular flexibility index (Phi) is 5.62. The number of carbonyl (C=O) groups is 1. The van der Waals surface area contributed by atoms with E-state index in [-0.39, 0.29) is 29.8 Å². The molecule has 1 amide bonds. The molecule has 0 unspecified atom stereocenters. The molecule has 0 aliphatic carbocycles. The average Bonchev–Trinajstić information content (AvgIpc) is 3.09. The van der Waals surface area contributed by atoms with Gasteiger partial charge in [-0.05, 0) is 45.0 Å². The van der Waals surface area contributed by atoms with Gasteiger partial charge in [0.1, 0.15) is 5.56 Å². The Bertz CT molecular complexity index is 1000. The molecule has 3 heterocycles. The highest BCUT2D eigenvalue weighted by molar-refractivity contribution is 6.08. The largest absolute Gasteiger partial charge is 0.322 e. The summed E-state index contributed by atoms with van der Waals surface area (Å²) in [5.41, 5.74) is 3.12. The van der Waals surface area contributed by atoms with Crippen LogP contribution in [0.3, 0.4) is 0 Å². The molecule has 1 fully saturated rings. The number of aromatic amines is 1. The van der Waals surface area contributed by atoms with Crippen LogP contribution in [0.5, 0.6) is 0 Å². The van der Waals surface area contributed by atoms with Crippen LogP contribution in [0.15, 0.2) is 41.3 Å². The maximum atomic E-state index is 12.7. The first-order valence-corrected chi connectivity index (χ1v) is 8.81. The lowest BCUT2D eigenvalue weighted by Gasteiger charge is -2.21. The molecule has 27 heavy (non-hydrogen) atoms. The maximum absolute atomic E-state index is 12.7. The van der Waals surface area contributed by atoms with E-state index in [2.05, 4.69) is 20.7 Å². The average molecular weight is 388 g/mol. The summed E-state index contributed by atoms with van der Waals surface area (Å²) in [5.74, 6) is -0.0428. The summed E-state index contributed by atoms with van der Waals surface area (Å²) in [6.45, 7) is 3.82. The summed E-state index contributed by atoms with van der Waals surface area (Å²) in [4.78, 5) is 29.7. The van der Waals surface area contributed by atoms with Gasteiger partial charge >= 0.3 is 0 Å². The normalized spacial score (nSPS) is 14.7. The molecule has 1 aliphatic rings. The van der Waals surface area contributed by atoms with E-state index in [1.807, 2.05) is 31.2 Å².